The molecule has 0 amide bonds. The van der Waals surface area contributed by atoms with Gasteiger partial charge in [0.05, 0.1) is 19.8 Å². The molecule has 0 fully saturated rings. The standard InChI is InChI=1S/C13H15NO3/c1-9(4-5-15)10-6-11(8-14)13(17-3)12(7-10)16-2/h5-7,9H,4H2,1-3H3. The van der Waals surface area contributed by atoms with Gasteiger partial charge in [-0.3, -0.25) is 0 Å². The number of carbonyl (C=O) groups is 1. The van der Waals surface area contributed by atoms with Gasteiger partial charge in [0.15, 0.2) is 11.5 Å². The maximum Gasteiger partial charge on any atom is 0.178 e. The topological polar surface area (TPSA) is 59.3 Å². The van der Waals surface area contributed by atoms with Crippen LogP contribution < -0.4 is 9.47 Å². The van der Waals surface area contributed by atoms with Crippen molar-refractivity contribution in [2.45, 2.75) is 19.3 Å². The van der Waals surface area contributed by atoms with Crippen LogP contribution in [0.25, 0.3) is 0 Å². The molecule has 0 radical (unpaired) electrons. The molecule has 1 aromatic carbocycles. The number of hydrogen-bond acceptors (Lipinski definition) is 4. The lowest BCUT2D eigenvalue weighted by molar-refractivity contribution is -0.108. The molecule has 17 heavy (non-hydrogen) atoms. The fraction of sp³-hybridized carbons (Fsp3) is 0.385. The highest BCUT2D eigenvalue weighted by atomic mass is 16.5. The summed E-state index contributed by atoms with van der Waals surface area (Å²) in [6.45, 7) is 1.93. The Balaban J connectivity index is 3.27. The van der Waals surface area contributed by atoms with E-state index in [0.29, 0.717) is 23.5 Å². The quantitative estimate of drug-likeness (QED) is 0.732. The molecule has 90 valence electrons. The Morgan fingerprint density at radius 1 is 1.41 bits per heavy atom. The third-order valence-corrected chi connectivity index (χ3v) is 2.64. The summed E-state index contributed by atoms with van der Waals surface area (Å²) >= 11 is 0. The molecule has 0 saturated carbocycles. The van der Waals surface area contributed by atoms with E-state index in [1.807, 2.05) is 6.92 Å². The zero-order valence-corrected chi connectivity index (χ0v) is 10.2. The summed E-state index contributed by atoms with van der Waals surface area (Å²) in [6.07, 6.45) is 1.29. The Bertz CT molecular complexity index is 449. The Labute approximate surface area is 101 Å². The Kier molecular flexibility index (Phi) is 4.53. The molecule has 0 saturated heterocycles. The molecule has 4 nitrogen and oxygen atoms in total. The van der Waals surface area contributed by atoms with E-state index in [2.05, 4.69) is 6.07 Å². The minimum atomic E-state index is 0.0550. The van der Waals surface area contributed by atoms with Crippen LogP contribution in [0.4, 0.5) is 0 Å². The summed E-state index contributed by atoms with van der Waals surface area (Å²) in [7, 11) is 3.01. The highest BCUT2D eigenvalue weighted by molar-refractivity contribution is 5.57. The first-order valence-corrected chi connectivity index (χ1v) is 5.27. The third kappa shape index (κ3) is 2.76. The SMILES string of the molecule is COc1cc(C(C)CC=O)cc(C#N)c1OC. The van der Waals surface area contributed by atoms with Gasteiger partial charge in [0.1, 0.15) is 12.4 Å². The molecule has 1 atom stereocenters. The molecular formula is C13H15NO3. The van der Waals surface area contributed by atoms with Crippen LogP contribution in [-0.4, -0.2) is 20.5 Å². The molecule has 1 aromatic rings. The van der Waals surface area contributed by atoms with Crippen molar-refractivity contribution >= 4 is 6.29 Å². The van der Waals surface area contributed by atoms with Crippen LogP contribution in [0.5, 0.6) is 11.5 Å². The van der Waals surface area contributed by atoms with Crippen LogP contribution in [0.1, 0.15) is 30.4 Å². The zero-order valence-electron chi connectivity index (χ0n) is 10.2. The molecule has 0 heterocycles. The molecule has 0 aliphatic carbocycles. The second kappa shape index (κ2) is 5.90. The van der Waals surface area contributed by atoms with Crippen LogP contribution in [0.15, 0.2) is 12.1 Å². The average Bonchev–Trinajstić information content (AvgIpc) is 2.37. The maximum atomic E-state index is 10.5. The van der Waals surface area contributed by atoms with Gasteiger partial charge in [-0.2, -0.15) is 5.26 Å². The summed E-state index contributed by atoms with van der Waals surface area (Å²) < 4.78 is 10.3. The fourth-order valence-corrected chi connectivity index (χ4v) is 1.63. The Morgan fingerprint density at radius 2 is 2.12 bits per heavy atom. The van der Waals surface area contributed by atoms with Gasteiger partial charge in [-0.25, -0.2) is 0 Å². The zero-order chi connectivity index (χ0) is 12.8. The van der Waals surface area contributed by atoms with Gasteiger partial charge in [-0.05, 0) is 23.6 Å². The lowest BCUT2D eigenvalue weighted by atomic mass is 9.96. The van der Waals surface area contributed by atoms with Crippen molar-refractivity contribution in [3.8, 4) is 17.6 Å². The van der Waals surface area contributed by atoms with Gasteiger partial charge in [0.25, 0.3) is 0 Å². The van der Waals surface area contributed by atoms with Crippen molar-refractivity contribution in [3.63, 3.8) is 0 Å². The first kappa shape index (κ1) is 13.0. The van der Waals surface area contributed by atoms with E-state index in [4.69, 9.17) is 14.7 Å². The van der Waals surface area contributed by atoms with E-state index in [1.165, 1.54) is 14.2 Å². The molecule has 0 bridgehead atoms. The molecule has 0 N–H and O–H groups in total. The number of ether oxygens (including phenoxy) is 2. The first-order chi connectivity index (χ1) is 8.17. The maximum absolute atomic E-state index is 10.5. The Morgan fingerprint density at radius 3 is 2.59 bits per heavy atom. The highest BCUT2D eigenvalue weighted by Gasteiger charge is 2.15. The van der Waals surface area contributed by atoms with Crippen LogP contribution in [0.2, 0.25) is 0 Å². The molecule has 0 aromatic heterocycles. The lowest BCUT2D eigenvalue weighted by Gasteiger charge is -2.14. The smallest absolute Gasteiger partial charge is 0.178 e. The van der Waals surface area contributed by atoms with Gasteiger partial charge in [-0.1, -0.05) is 6.92 Å². The number of methoxy groups -OCH3 is 2. The number of carbonyl (C=O) groups excluding carboxylic acids is 1. The number of benzene rings is 1. The van der Waals surface area contributed by atoms with Crippen molar-refractivity contribution in [1.29, 1.82) is 5.26 Å². The van der Waals surface area contributed by atoms with E-state index >= 15 is 0 Å². The fourth-order valence-electron chi connectivity index (χ4n) is 1.63. The third-order valence-electron chi connectivity index (χ3n) is 2.64. The molecule has 4 heteroatoms. The lowest BCUT2D eigenvalue weighted by Crippen LogP contribution is -2.00. The van der Waals surface area contributed by atoms with E-state index < -0.39 is 0 Å². The minimum Gasteiger partial charge on any atom is -0.493 e. The van der Waals surface area contributed by atoms with Crippen molar-refractivity contribution in [3.05, 3.63) is 23.3 Å². The second-order valence-electron chi connectivity index (χ2n) is 3.72. The van der Waals surface area contributed by atoms with Crippen LogP contribution in [-0.2, 0) is 4.79 Å². The molecule has 0 aliphatic heterocycles. The molecule has 0 aliphatic rings. The number of aldehydes is 1. The van der Waals surface area contributed by atoms with Crippen molar-refractivity contribution in [2.75, 3.05) is 14.2 Å². The number of nitrogens with zero attached hydrogens (tertiary/aromatic N) is 1. The molecule has 1 rings (SSSR count). The number of hydrogen-bond donors (Lipinski definition) is 0. The van der Waals surface area contributed by atoms with Crippen molar-refractivity contribution in [2.24, 2.45) is 0 Å². The molecular weight excluding hydrogens is 218 g/mol. The first-order valence-electron chi connectivity index (χ1n) is 5.27. The van der Waals surface area contributed by atoms with Gasteiger partial charge in [-0.15, -0.1) is 0 Å². The molecule has 1 unspecified atom stereocenters. The van der Waals surface area contributed by atoms with Crippen LogP contribution >= 0.6 is 0 Å². The second-order valence-corrected chi connectivity index (χ2v) is 3.72. The van der Waals surface area contributed by atoms with Gasteiger partial charge >= 0.3 is 0 Å². The van der Waals surface area contributed by atoms with E-state index in [1.54, 1.807) is 12.1 Å². The normalized spacial score (nSPS) is 11.4. The van der Waals surface area contributed by atoms with Crippen LogP contribution in [0, 0.1) is 11.3 Å². The van der Waals surface area contributed by atoms with Crippen molar-refractivity contribution < 1.29 is 14.3 Å². The van der Waals surface area contributed by atoms with Crippen LogP contribution in [0.3, 0.4) is 0 Å². The highest BCUT2D eigenvalue weighted by Crippen LogP contribution is 2.34. The largest absolute Gasteiger partial charge is 0.493 e. The summed E-state index contributed by atoms with van der Waals surface area (Å²) in [5, 5.41) is 9.05. The summed E-state index contributed by atoms with van der Waals surface area (Å²) in [6, 6.07) is 5.60. The summed E-state index contributed by atoms with van der Waals surface area (Å²) in [5.41, 5.74) is 1.31. The minimum absolute atomic E-state index is 0.0550. The predicted molar refractivity (Wildman–Crippen MR) is 63.4 cm³/mol. The van der Waals surface area contributed by atoms with Gasteiger partial charge in [0, 0.05) is 6.42 Å². The number of rotatable bonds is 5. The van der Waals surface area contributed by atoms with E-state index in [0.717, 1.165) is 11.8 Å². The Hall–Kier alpha value is -2.02. The van der Waals surface area contributed by atoms with Gasteiger partial charge < -0.3 is 14.3 Å². The summed E-state index contributed by atoms with van der Waals surface area (Å²) in [5.74, 6) is 0.996. The predicted octanol–water partition coefficient (Wildman–Crippen LogP) is 2.27. The van der Waals surface area contributed by atoms with Crippen molar-refractivity contribution in [1.82, 2.24) is 0 Å². The monoisotopic (exact) mass is 233 g/mol. The molecule has 0 spiro atoms. The average molecular weight is 233 g/mol. The van der Waals surface area contributed by atoms with E-state index in [-0.39, 0.29) is 5.92 Å². The van der Waals surface area contributed by atoms with E-state index in [9.17, 15) is 4.79 Å². The van der Waals surface area contributed by atoms with Gasteiger partial charge in [0.2, 0.25) is 0 Å². The number of nitriles is 1. The summed E-state index contributed by atoms with van der Waals surface area (Å²) in [4.78, 5) is 10.5.